The molecule has 0 radical (unpaired) electrons. The molecule has 1 amide bonds. The highest BCUT2D eigenvalue weighted by Gasteiger charge is 2.35. The number of nitrogens with one attached hydrogen (secondary N) is 1. The van der Waals surface area contributed by atoms with Gasteiger partial charge in [0.25, 0.3) is 0 Å². The number of hydrogen-bond donors (Lipinski definition) is 2. The van der Waals surface area contributed by atoms with E-state index in [-0.39, 0.29) is 23.8 Å². The van der Waals surface area contributed by atoms with Crippen molar-refractivity contribution < 1.29 is 9.53 Å². The third kappa shape index (κ3) is 2.33. The highest BCUT2D eigenvalue weighted by atomic mass is 16.6. The minimum Gasteiger partial charge on any atom is -0.448 e. The van der Waals surface area contributed by atoms with E-state index < -0.39 is 0 Å². The Morgan fingerprint density at radius 2 is 1.62 bits per heavy atom. The van der Waals surface area contributed by atoms with Crippen LogP contribution in [0.2, 0.25) is 0 Å². The molecule has 3 N–H and O–H groups in total. The third-order valence-electron chi connectivity index (χ3n) is 4.92. The van der Waals surface area contributed by atoms with E-state index in [1.165, 1.54) is 22.3 Å². The smallest absolute Gasteiger partial charge is 0.409 e. The van der Waals surface area contributed by atoms with Gasteiger partial charge in [-0.15, -0.1) is 0 Å². The summed E-state index contributed by atoms with van der Waals surface area (Å²) in [4.78, 5) is 13.8. The molecule has 24 heavy (non-hydrogen) atoms. The first-order valence-electron chi connectivity index (χ1n) is 8.09. The lowest BCUT2D eigenvalue weighted by atomic mass is 9.98. The lowest BCUT2D eigenvalue weighted by Crippen LogP contribution is -2.54. The van der Waals surface area contributed by atoms with Crippen LogP contribution < -0.4 is 5.73 Å². The normalized spacial score (nSPS) is 16.2. The Morgan fingerprint density at radius 3 is 2.17 bits per heavy atom. The number of amides is 1. The quantitative estimate of drug-likeness (QED) is 0.674. The molecular formula is C19H19N3O2. The summed E-state index contributed by atoms with van der Waals surface area (Å²) in [7, 11) is 0. The molecule has 4 rings (SSSR count). The van der Waals surface area contributed by atoms with Gasteiger partial charge in [-0.2, -0.15) is 0 Å². The molecule has 0 saturated carbocycles. The van der Waals surface area contributed by atoms with Crippen molar-refractivity contribution >= 4 is 11.9 Å². The maximum Gasteiger partial charge on any atom is 0.409 e. The number of likely N-dealkylation sites (tertiary alicyclic amines) is 1. The molecule has 5 heteroatoms. The number of hydrogen-bond acceptors (Lipinski definition) is 3. The average molecular weight is 321 g/mol. The van der Waals surface area contributed by atoms with Crippen LogP contribution in [0.5, 0.6) is 0 Å². The molecular weight excluding hydrogens is 302 g/mol. The molecule has 2 aromatic carbocycles. The van der Waals surface area contributed by atoms with Crippen molar-refractivity contribution in [3.63, 3.8) is 0 Å². The largest absolute Gasteiger partial charge is 0.448 e. The van der Waals surface area contributed by atoms with E-state index in [9.17, 15) is 4.79 Å². The maximum absolute atomic E-state index is 12.2. The Labute approximate surface area is 140 Å². The van der Waals surface area contributed by atoms with Gasteiger partial charge in [0.15, 0.2) is 0 Å². The van der Waals surface area contributed by atoms with Crippen LogP contribution in [0.1, 0.15) is 17.0 Å². The van der Waals surface area contributed by atoms with Gasteiger partial charge in [-0.1, -0.05) is 48.5 Å². The predicted molar refractivity (Wildman–Crippen MR) is 92.0 cm³/mol. The summed E-state index contributed by atoms with van der Waals surface area (Å²) in [5.74, 6) is 0.189. The Hall–Kier alpha value is -2.82. The van der Waals surface area contributed by atoms with Crippen LogP contribution in [0.3, 0.4) is 0 Å². The summed E-state index contributed by atoms with van der Waals surface area (Å²) < 4.78 is 5.55. The number of benzene rings is 2. The van der Waals surface area contributed by atoms with E-state index in [1.807, 2.05) is 24.3 Å². The zero-order valence-electron chi connectivity index (χ0n) is 13.2. The number of nitrogens with zero attached hydrogens (tertiary/aromatic N) is 1. The van der Waals surface area contributed by atoms with Crippen molar-refractivity contribution in [1.29, 1.82) is 5.41 Å². The van der Waals surface area contributed by atoms with Gasteiger partial charge in [-0.05, 0) is 22.3 Å². The molecule has 0 spiro atoms. The van der Waals surface area contributed by atoms with E-state index in [0.717, 1.165) is 0 Å². The van der Waals surface area contributed by atoms with Crippen molar-refractivity contribution in [1.82, 2.24) is 4.90 Å². The van der Waals surface area contributed by atoms with E-state index in [2.05, 4.69) is 24.3 Å². The van der Waals surface area contributed by atoms with Crippen LogP contribution >= 0.6 is 0 Å². The molecule has 1 aliphatic heterocycles. The molecule has 0 bridgehead atoms. The second-order valence-corrected chi connectivity index (χ2v) is 6.36. The van der Waals surface area contributed by atoms with Crippen LogP contribution in [0.15, 0.2) is 48.5 Å². The molecule has 2 aliphatic rings. The zero-order valence-corrected chi connectivity index (χ0v) is 13.2. The molecule has 1 saturated heterocycles. The topological polar surface area (TPSA) is 79.4 Å². The summed E-state index contributed by atoms with van der Waals surface area (Å²) in [5, 5.41) is 7.38. The summed E-state index contributed by atoms with van der Waals surface area (Å²) >= 11 is 0. The number of amidine groups is 1. The lowest BCUT2D eigenvalue weighted by molar-refractivity contribution is 0.0670. The SMILES string of the molecule is N=C(N)C1CN(C(=O)OCC2c3ccccc3-c3ccccc32)C1. The van der Waals surface area contributed by atoms with E-state index >= 15 is 0 Å². The standard InChI is InChI=1S/C19H19N3O2/c20-18(21)12-9-22(10-12)19(23)24-11-17-15-7-3-1-5-13(15)14-6-2-4-8-16(14)17/h1-8,12,17H,9-11H2,(H3,20,21). The molecule has 122 valence electrons. The molecule has 0 aromatic heterocycles. The minimum atomic E-state index is -0.325. The second kappa shape index (κ2) is 5.67. The van der Waals surface area contributed by atoms with Crippen LogP contribution in [-0.2, 0) is 4.74 Å². The highest BCUT2D eigenvalue weighted by Crippen LogP contribution is 2.44. The number of fused-ring (bicyclic) bond motifs is 3. The van der Waals surface area contributed by atoms with Crippen molar-refractivity contribution in [2.75, 3.05) is 19.7 Å². The van der Waals surface area contributed by atoms with E-state index in [0.29, 0.717) is 19.7 Å². The average Bonchev–Trinajstić information content (AvgIpc) is 2.85. The number of carbonyl (C=O) groups excluding carboxylic acids is 1. The first kappa shape index (κ1) is 14.8. The fourth-order valence-corrected chi connectivity index (χ4v) is 3.51. The van der Waals surface area contributed by atoms with Gasteiger partial charge in [-0.25, -0.2) is 4.79 Å². The zero-order chi connectivity index (χ0) is 16.7. The number of rotatable bonds is 3. The summed E-state index contributed by atoms with van der Waals surface area (Å²) in [5.41, 5.74) is 10.3. The van der Waals surface area contributed by atoms with Crippen LogP contribution in [0.4, 0.5) is 4.79 Å². The fourth-order valence-electron chi connectivity index (χ4n) is 3.51. The Kier molecular flexibility index (Phi) is 3.49. The first-order valence-corrected chi connectivity index (χ1v) is 8.09. The first-order chi connectivity index (χ1) is 11.6. The summed E-state index contributed by atoms with van der Waals surface area (Å²) in [6, 6.07) is 16.5. The van der Waals surface area contributed by atoms with Gasteiger partial charge in [0.1, 0.15) is 6.61 Å². The monoisotopic (exact) mass is 321 g/mol. The third-order valence-corrected chi connectivity index (χ3v) is 4.92. The molecule has 0 unspecified atom stereocenters. The van der Waals surface area contributed by atoms with Gasteiger partial charge in [0.2, 0.25) is 0 Å². The Balaban J connectivity index is 1.47. The molecule has 5 nitrogen and oxygen atoms in total. The number of ether oxygens (including phenoxy) is 1. The highest BCUT2D eigenvalue weighted by molar-refractivity contribution is 5.83. The number of nitrogens with two attached hydrogens (primary N) is 1. The van der Waals surface area contributed by atoms with Gasteiger partial charge < -0.3 is 15.4 Å². The van der Waals surface area contributed by atoms with Crippen LogP contribution in [0, 0.1) is 11.3 Å². The second-order valence-electron chi connectivity index (χ2n) is 6.36. The summed E-state index contributed by atoms with van der Waals surface area (Å²) in [6.07, 6.45) is -0.325. The Morgan fingerprint density at radius 1 is 1.08 bits per heavy atom. The van der Waals surface area contributed by atoms with Crippen LogP contribution in [-0.4, -0.2) is 36.5 Å². The van der Waals surface area contributed by atoms with Crippen molar-refractivity contribution in [2.45, 2.75) is 5.92 Å². The molecule has 1 aliphatic carbocycles. The molecule has 1 heterocycles. The number of carbonyl (C=O) groups is 1. The van der Waals surface area contributed by atoms with Gasteiger partial charge >= 0.3 is 6.09 Å². The van der Waals surface area contributed by atoms with E-state index in [1.54, 1.807) is 4.90 Å². The molecule has 0 atom stereocenters. The van der Waals surface area contributed by atoms with Crippen molar-refractivity contribution in [3.05, 3.63) is 59.7 Å². The van der Waals surface area contributed by atoms with Gasteiger partial charge in [-0.3, -0.25) is 5.41 Å². The maximum atomic E-state index is 12.2. The minimum absolute atomic E-state index is 0.0227. The molecule has 1 fully saturated rings. The van der Waals surface area contributed by atoms with Gasteiger partial charge in [0, 0.05) is 19.0 Å². The lowest BCUT2D eigenvalue weighted by Gasteiger charge is -2.37. The summed E-state index contributed by atoms with van der Waals surface area (Å²) in [6.45, 7) is 1.28. The van der Waals surface area contributed by atoms with Crippen molar-refractivity contribution in [3.8, 4) is 11.1 Å². The molecule has 2 aromatic rings. The van der Waals surface area contributed by atoms with E-state index in [4.69, 9.17) is 15.9 Å². The Bertz CT molecular complexity index is 766. The fraction of sp³-hybridized carbons (Fsp3) is 0.263. The predicted octanol–water partition coefficient (Wildman–Crippen LogP) is 2.80. The van der Waals surface area contributed by atoms with Crippen molar-refractivity contribution in [2.24, 2.45) is 11.7 Å². The van der Waals surface area contributed by atoms with Crippen LogP contribution in [0.25, 0.3) is 11.1 Å². The van der Waals surface area contributed by atoms with Gasteiger partial charge in [0.05, 0.1) is 11.8 Å².